The standard InChI is InChI=1S/C23H24N2O3S/c26-23(24-17-16-19-10-4-1-5-11-19)22(18-20-12-6-2-7-13-20)25-29(27,28)21-14-8-3-9-15-21/h1-15,22,25H,16-18H2,(H,24,26)/t22-/m0/s1. The Morgan fingerprint density at radius 2 is 1.28 bits per heavy atom. The molecule has 0 radical (unpaired) electrons. The fourth-order valence-corrected chi connectivity index (χ4v) is 4.21. The molecular weight excluding hydrogens is 384 g/mol. The minimum atomic E-state index is -3.81. The van der Waals surface area contributed by atoms with Crippen molar-refractivity contribution in [1.29, 1.82) is 0 Å². The van der Waals surface area contributed by atoms with Gasteiger partial charge in [-0.05, 0) is 36.1 Å². The summed E-state index contributed by atoms with van der Waals surface area (Å²) in [5.74, 6) is -0.343. The van der Waals surface area contributed by atoms with Gasteiger partial charge in [0.25, 0.3) is 0 Å². The summed E-state index contributed by atoms with van der Waals surface area (Å²) < 4.78 is 28.0. The molecule has 1 atom stereocenters. The molecule has 0 aliphatic carbocycles. The molecule has 0 heterocycles. The molecule has 1 amide bonds. The van der Waals surface area contributed by atoms with Crippen molar-refractivity contribution in [1.82, 2.24) is 10.0 Å². The molecule has 3 rings (SSSR count). The van der Waals surface area contributed by atoms with Gasteiger partial charge in [-0.15, -0.1) is 0 Å². The lowest BCUT2D eigenvalue weighted by molar-refractivity contribution is -0.122. The van der Waals surface area contributed by atoms with Crippen LogP contribution in [0.5, 0.6) is 0 Å². The van der Waals surface area contributed by atoms with Gasteiger partial charge in [0.2, 0.25) is 15.9 Å². The Balaban J connectivity index is 1.71. The van der Waals surface area contributed by atoms with Gasteiger partial charge >= 0.3 is 0 Å². The van der Waals surface area contributed by atoms with E-state index in [-0.39, 0.29) is 17.2 Å². The third kappa shape index (κ3) is 6.27. The largest absolute Gasteiger partial charge is 0.354 e. The number of hydrogen-bond donors (Lipinski definition) is 2. The van der Waals surface area contributed by atoms with Crippen molar-refractivity contribution >= 4 is 15.9 Å². The molecule has 0 spiro atoms. The first-order valence-electron chi connectivity index (χ1n) is 9.47. The van der Waals surface area contributed by atoms with Crippen LogP contribution in [0.2, 0.25) is 0 Å². The minimum Gasteiger partial charge on any atom is -0.354 e. The maximum atomic E-state index is 12.8. The Hall–Kier alpha value is -2.96. The van der Waals surface area contributed by atoms with Crippen molar-refractivity contribution in [2.75, 3.05) is 6.54 Å². The third-order valence-corrected chi connectivity index (χ3v) is 5.99. The summed E-state index contributed by atoms with van der Waals surface area (Å²) in [6.45, 7) is 0.432. The van der Waals surface area contributed by atoms with Crippen LogP contribution in [0.3, 0.4) is 0 Å². The lowest BCUT2D eigenvalue weighted by atomic mass is 10.1. The summed E-state index contributed by atoms with van der Waals surface area (Å²) in [5.41, 5.74) is 1.99. The van der Waals surface area contributed by atoms with Gasteiger partial charge in [0.15, 0.2) is 0 Å². The molecular formula is C23H24N2O3S. The van der Waals surface area contributed by atoms with Crippen molar-refractivity contribution in [3.05, 3.63) is 102 Å². The molecule has 0 aliphatic rings. The molecule has 0 aliphatic heterocycles. The first kappa shape index (κ1) is 20.8. The topological polar surface area (TPSA) is 75.3 Å². The van der Waals surface area contributed by atoms with E-state index in [9.17, 15) is 13.2 Å². The van der Waals surface area contributed by atoms with E-state index in [2.05, 4.69) is 10.0 Å². The van der Waals surface area contributed by atoms with Crippen LogP contribution >= 0.6 is 0 Å². The van der Waals surface area contributed by atoms with Crippen molar-refractivity contribution in [3.63, 3.8) is 0 Å². The smallest absolute Gasteiger partial charge is 0.241 e. The van der Waals surface area contributed by atoms with Crippen molar-refractivity contribution in [2.24, 2.45) is 0 Å². The van der Waals surface area contributed by atoms with Crippen LogP contribution in [-0.2, 0) is 27.7 Å². The van der Waals surface area contributed by atoms with E-state index < -0.39 is 16.1 Å². The number of rotatable bonds is 9. The highest BCUT2D eigenvalue weighted by molar-refractivity contribution is 7.89. The van der Waals surface area contributed by atoms with Gasteiger partial charge in [0, 0.05) is 6.54 Å². The zero-order valence-electron chi connectivity index (χ0n) is 16.0. The zero-order chi connectivity index (χ0) is 20.5. The van der Waals surface area contributed by atoms with Crippen molar-refractivity contribution in [3.8, 4) is 0 Å². The maximum absolute atomic E-state index is 12.8. The van der Waals surface area contributed by atoms with Crippen LogP contribution in [0.25, 0.3) is 0 Å². The van der Waals surface area contributed by atoms with E-state index in [4.69, 9.17) is 0 Å². The molecule has 2 N–H and O–H groups in total. The van der Waals surface area contributed by atoms with Gasteiger partial charge in [-0.1, -0.05) is 78.9 Å². The van der Waals surface area contributed by atoms with Crippen LogP contribution in [0.1, 0.15) is 11.1 Å². The normalized spacial score (nSPS) is 12.3. The number of carbonyl (C=O) groups is 1. The average molecular weight is 409 g/mol. The highest BCUT2D eigenvalue weighted by atomic mass is 32.2. The molecule has 6 heteroatoms. The van der Waals surface area contributed by atoms with Crippen LogP contribution in [0, 0.1) is 0 Å². The molecule has 0 aromatic heterocycles. The summed E-state index contributed by atoms with van der Waals surface area (Å²) in [6.07, 6.45) is 0.945. The summed E-state index contributed by atoms with van der Waals surface area (Å²) >= 11 is 0. The number of carbonyl (C=O) groups excluding carboxylic acids is 1. The van der Waals surface area contributed by atoms with Crippen LogP contribution < -0.4 is 10.0 Å². The minimum absolute atomic E-state index is 0.134. The van der Waals surface area contributed by atoms with Crippen LogP contribution in [-0.4, -0.2) is 26.9 Å². The summed E-state index contributed by atoms with van der Waals surface area (Å²) in [5, 5.41) is 2.86. The quantitative estimate of drug-likeness (QED) is 0.572. The molecule has 0 fully saturated rings. The Bertz CT molecular complexity index is 1010. The molecule has 0 unspecified atom stereocenters. The van der Waals surface area contributed by atoms with Gasteiger partial charge in [0.05, 0.1) is 4.90 Å². The highest BCUT2D eigenvalue weighted by Crippen LogP contribution is 2.11. The lowest BCUT2D eigenvalue weighted by Gasteiger charge is -2.19. The van der Waals surface area contributed by atoms with E-state index in [0.29, 0.717) is 13.0 Å². The van der Waals surface area contributed by atoms with Crippen molar-refractivity contribution in [2.45, 2.75) is 23.8 Å². The van der Waals surface area contributed by atoms with E-state index in [1.54, 1.807) is 18.2 Å². The summed E-state index contributed by atoms with van der Waals surface area (Å²) in [6, 6.07) is 26.4. The molecule has 0 saturated heterocycles. The SMILES string of the molecule is O=C(NCCc1ccccc1)[C@H](Cc1ccccc1)NS(=O)(=O)c1ccccc1. The number of nitrogens with one attached hydrogen (secondary N) is 2. The summed E-state index contributed by atoms with van der Waals surface area (Å²) in [7, 11) is -3.81. The number of sulfonamides is 1. The Morgan fingerprint density at radius 1 is 0.759 bits per heavy atom. The van der Waals surface area contributed by atoms with Gasteiger partial charge in [-0.2, -0.15) is 4.72 Å². The molecule has 0 bridgehead atoms. The zero-order valence-corrected chi connectivity index (χ0v) is 16.8. The maximum Gasteiger partial charge on any atom is 0.241 e. The Kier molecular flexibility index (Phi) is 7.16. The first-order chi connectivity index (χ1) is 14.0. The lowest BCUT2D eigenvalue weighted by Crippen LogP contribution is -2.48. The second-order valence-corrected chi connectivity index (χ2v) is 8.42. The highest BCUT2D eigenvalue weighted by Gasteiger charge is 2.25. The second kappa shape index (κ2) is 10.0. The fraction of sp³-hybridized carbons (Fsp3) is 0.174. The molecule has 0 saturated carbocycles. The molecule has 150 valence electrons. The Labute approximate surface area is 171 Å². The molecule has 3 aromatic rings. The fourth-order valence-electron chi connectivity index (χ4n) is 2.99. The third-order valence-electron chi connectivity index (χ3n) is 4.51. The molecule has 3 aromatic carbocycles. The number of hydrogen-bond acceptors (Lipinski definition) is 3. The van der Waals surface area contributed by atoms with E-state index in [0.717, 1.165) is 11.1 Å². The van der Waals surface area contributed by atoms with Gasteiger partial charge in [-0.3, -0.25) is 4.79 Å². The molecule has 29 heavy (non-hydrogen) atoms. The van der Waals surface area contributed by atoms with Gasteiger partial charge < -0.3 is 5.32 Å². The van der Waals surface area contributed by atoms with Gasteiger partial charge in [0.1, 0.15) is 6.04 Å². The number of amides is 1. The van der Waals surface area contributed by atoms with Crippen LogP contribution in [0.15, 0.2) is 95.9 Å². The average Bonchev–Trinajstić information content (AvgIpc) is 2.75. The molecule has 5 nitrogen and oxygen atoms in total. The van der Waals surface area contributed by atoms with Crippen LogP contribution in [0.4, 0.5) is 0 Å². The second-order valence-electron chi connectivity index (χ2n) is 6.70. The Morgan fingerprint density at radius 3 is 1.86 bits per heavy atom. The summed E-state index contributed by atoms with van der Waals surface area (Å²) in [4.78, 5) is 12.9. The van der Waals surface area contributed by atoms with Gasteiger partial charge in [-0.25, -0.2) is 8.42 Å². The first-order valence-corrected chi connectivity index (χ1v) is 11.0. The predicted octanol–water partition coefficient (Wildman–Crippen LogP) is 2.94. The predicted molar refractivity (Wildman–Crippen MR) is 114 cm³/mol. The van der Waals surface area contributed by atoms with E-state index in [1.807, 2.05) is 60.7 Å². The number of benzene rings is 3. The van der Waals surface area contributed by atoms with Crippen molar-refractivity contribution < 1.29 is 13.2 Å². The monoisotopic (exact) mass is 408 g/mol. The van der Waals surface area contributed by atoms with E-state index in [1.165, 1.54) is 12.1 Å². The van der Waals surface area contributed by atoms with E-state index >= 15 is 0 Å².